The number of likely N-dealkylation sites (tertiary alicyclic amines) is 1. The van der Waals surface area contributed by atoms with Gasteiger partial charge < -0.3 is 9.64 Å². The minimum Gasteiger partial charge on any atom is -0.467 e. The Morgan fingerprint density at radius 1 is 1.14 bits per heavy atom. The molecule has 0 radical (unpaired) electrons. The maximum absolute atomic E-state index is 12.8. The largest absolute Gasteiger partial charge is 0.467 e. The van der Waals surface area contributed by atoms with Gasteiger partial charge in [-0.3, -0.25) is 4.79 Å². The van der Waals surface area contributed by atoms with E-state index in [1.807, 2.05) is 18.2 Å². The molecule has 2 fully saturated rings. The van der Waals surface area contributed by atoms with Crippen LogP contribution in [0.1, 0.15) is 16.8 Å². The van der Waals surface area contributed by atoms with E-state index in [0.717, 1.165) is 6.42 Å². The molecule has 4 rings (SSSR count). The number of amides is 1. The Hall–Kier alpha value is -2.10. The van der Waals surface area contributed by atoms with Crippen LogP contribution >= 0.6 is 0 Å². The van der Waals surface area contributed by atoms with Crippen LogP contribution in [0.4, 0.5) is 0 Å². The number of benzene rings is 1. The monoisotopic (exact) mass is 297 g/mol. The number of methoxy groups -OCH3 is 1. The number of nitrogens with zero attached hydrogens (tertiary/aromatic N) is 1. The summed E-state index contributed by atoms with van der Waals surface area (Å²) < 4.78 is 5.01. The highest BCUT2D eigenvalue weighted by atomic mass is 16.5. The number of carbonyl (C=O) groups is 2. The van der Waals surface area contributed by atoms with E-state index in [9.17, 15) is 9.59 Å². The van der Waals surface area contributed by atoms with Gasteiger partial charge in [0.05, 0.1) is 7.11 Å². The first-order valence-corrected chi connectivity index (χ1v) is 7.83. The van der Waals surface area contributed by atoms with Crippen LogP contribution in [0.2, 0.25) is 0 Å². The topological polar surface area (TPSA) is 46.6 Å². The summed E-state index contributed by atoms with van der Waals surface area (Å²) in [4.78, 5) is 26.9. The fraction of sp³-hybridized carbons (Fsp3) is 0.444. The fourth-order valence-corrected chi connectivity index (χ4v) is 4.60. The van der Waals surface area contributed by atoms with Crippen LogP contribution in [0, 0.1) is 23.7 Å². The van der Waals surface area contributed by atoms with Crippen LogP contribution in [-0.2, 0) is 9.53 Å². The molecule has 4 nitrogen and oxygen atoms in total. The number of carbonyl (C=O) groups excluding carboxylic acids is 2. The van der Waals surface area contributed by atoms with Gasteiger partial charge >= 0.3 is 5.97 Å². The number of hydrogen-bond acceptors (Lipinski definition) is 3. The van der Waals surface area contributed by atoms with Crippen molar-refractivity contribution in [3.8, 4) is 0 Å². The molecule has 0 spiro atoms. The lowest BCUT2D eigenvalue weighted by Crippen LogP contribution is -2.45. The number of allylic oxidation sites excluding steroid dienone is 2. The maximum atomic E-state index is 12.8. The molecule has 1 saturated carbocycles. The Morgan fingerprint density at radius 3 is 2.59 bits per heavy atom. The molecule has 22 heavy (non-hydrogen) atoms. The van der Waals surface area contributed by atoms with Crippen molar-refractivity contribution < 1.29 is 14.3 Å². The molecule has 2 bridgehead atoms. The van der Waals surface area contributed by atoms with Gasteiger partial charge in [0.2, 0.25) is 0 Å². The third-order valence-electron chi connectivity index (χ3n) is 5.52. The fourth-order valence-electron chi connectivity index (χ4n) is 4.60. The Bertz CT molecular complexity index is 639. The molecule has 5 atom stereocenters. The van der Waals surface area contributed by atoms with E-state index in [2.05, 4.69) is 12.2 Å². The molecule has 0 N–H and O–H groups in total. The van der Waals surface area contributed by atoms with Crippen molar-refractivity contribution in [3.05, 3.63) is 48.0 Å². The van der Waals surface area contributed by atoms with Crippen molar-refractivity contribution >= 4 is 11.9 Å². The molecular weight excluding hydrogens is 278 g/mol. The minimum absolute atomic E-state index is 0.0650. The average molecular weight is 297 g/mol. The predicted molar refractivity (Wildman–Crippen MR) is 81.0 cm³/mol. The Kier molecular flexibility index (Phi) is 3.06. The van der Waals surface area contributed by atoms with E-state index in [4.69, 9.17) is 4.74 Å². The van der Waals surface area contributed by atoms with Gasteiger partial charge in [0, 0.05) is 18.0 Å². The van der Waals surface area contributed by atoms with Gasteiger partial charge in [-0.2, -0.15) is 0 Å². The first kappa shape index (κ1) is 13.6. The average Bonchev–Trinajstić information content (AvgIpc) is 3.25. The van der Waals surface area contributed by atoms with Crippen molar-refractivity contribution in [2.75, 3.05) is 13.7 Å². The van der Waals surface area contributed by atoms with E-state index >= 15 is 0 Å². The summed E-state index contributed by atoms with van der Waals surface area (Å²) in [6, 6.07) is 8.75. The highest BCUT2D eigenvalue weighted by Crippen LogP contribution is 2.54. The molecule has 3 aliphatic rings. The van der Waals surface area contributed by atoms with E-state index in [-0.39, 0.29) is 17.8 Å². The van der Waals surface area contributed by atoms with Gasteiger partial charge in [0.15, 0.2) is 0 Å². The molecule has 0 unspecified atom stereocenters. The van der Waals surface area contributed by atoms with E-state index < -0.39 is 6.04 Å². The zero-order valence-electron chi connectivity index (χ0n) is 12.5. The molecule has 1 heterocycles. The van der Waals surface area contributed by atoms with Gasteiger partial charge in [0.1, 0.15) is 6.04 Å². The smallest absolute Gasteiger partial charge is 0.328 e. The second-order valence-corrected chi connectivity index (χ2v) is 6.48. The summed E-state index contributed by atoms with van der Waals surface area (Å²) in [5, 5.41) is 0. The Labute approximate surface area is 129 Å². The molecular formula is C18H19NO3. The highest BCUT2D eigenvalue weighted by molar-refractivity contribution is 5.97. The van der Waals surface area contributed by atoms with Crippen molar-refractivity contribution in [1.82, 2.24) is 4.90 Å². The second kappa shape index (κ2) is 4.97. The molecule has 0 aromatic heterocycles. The minimum atomic E-state index is -0.442. The molecule has 1 aromatic rings. The third kappa shape index (κ3) is 1.83. The van der Waals surface area contributed by atoms with Crippen molar-refractivity contribution in [3.63, 3.8) is 0 Å². The first-order valence-electron chi connectivity index (χ1n) is 7.83. The van der Waals surface area contributed by atoms with Gasteiger partial charge in [-0.25, -0.2) is 4.79 Å². The zero-order valence-corrected chi connectivity index (χ0v) is 12.5. The molecule has 1 aromatic carbocycles. The molecule has 1 aliphatic heterocycles. The summed E-state index contributed by atoms with van der Waals surface area (Å²) in [5.41, 5.74) is 0.636. The Balaban J connectivity index is 1.68. The SMILES string of the molecule is COC(=O)[C@@H]1[C@@H]2[C@H](CN1C(=O)c1ccccc1)[C@@H]1C=C[C@H]2C1. The van der Waals surface area contributed by atoms with Crippen molar-refractivity contribution in [1.29, 1.82) is 0 Å². The number of ether oxygens (including phenoxy) is 1. The maximum Gasteiger partial charge on any atom is 0.328 e. The Morgan fingerprint density at radius 2 is 1.86 bits per heavy atom. The molecule has 1 saturated heterocycles. The lowest BCUT2D eigenvalue weighted by molar-refractivity contribution is -0.146. The standard InChI is InChI=1S/C18H19NO3/c1-22-18(21)16-15-13-8-7-12(9-13)14(15)10-19(16)17(20)11-5-3-2-4-6-11/h2-8,12-16H,9-10H2,1H3/t12-,13+,14-,15+,16+/m1/s1. The van der Waals surface area contributed by atoms with Gasteiger partial charge in [-0.1, -0.05) is 30.4 Å². The van der Waals surface area contributed by atoms with Crippen molar-refractivity contribution in [2.24, 2.45) is 23.7 Å². The summed E-state index contributed by atoms with van der Waals surface area (Å²) >= 11 is 0. The summed E-state index contributed by atoms with van der Waals surface area (Å²) in [7, 11) is 1.41. The lowest BCUT2D eigenvalue weighted by Gasteiger charge is -2.27. The normalized spacial score (nSPS) is 34.8. The van der Waals surface area contributed by atoms with E-state index in [1.165, 1.54) is 7.11 Å². The van der Waals surface area contributed by atoms with Gasteiger partial charge in [0.25, 0.3) is 5.91 Å². The lowest BCUT2D eigenvalue weighted by atomic mass is 9.82. The van der Waals surface area contributed by atoms with Gasteiger partial charge in [-0.05, 0) is 36.3 Å². The summed E-state index contributed by atoms with van der Waals surface area (Å²) in [5.74, 6) is 1.19. The number of hydrogen-bond donors (Lipinski definition) is 0. The highest BCUT2D eigenvalue weighted by Gasteiger charge is 2.58. The summed E-state index contributed by atoms with van der Waals surface area (Å²) in [6.45, 7) is 0.656. The quantitative estimate of drug-likeness (QED) is 0.620. The molecule has 1 amide bonds. The van der Waals surface area contributed by atoms with Gasteiger partial charge in [-0.15, -0.1) is 0 Å². The van der Waals surface area contributed by atoms with Crippen molar-refractivity contribution in [2.45, 2.75) is 12.5 Å². The second-order valence-electron chi connectivity index (χ2n) is 6.48. The number of fused-ring (bicyclic) bond motifs is 5. The first-order chi connectivity index (χ1) is 10.7. The summed E-state index contributed by atoms with van der Waals surface area (Å²) in [6.07, 6.45) is 5.60. The number of esters is 1. The molecule has 114 valence electrons. The van der Waals surface area contributed by atoms with Crippen LogP contribution < -0.4 is 0 Å². The van der Waals surface area contributed by atoms with E-state index in [0.29, 0.717) is 29.9 Å². The van der Waals surface area contributed by atoms with E-state index in [1.54, 1.807) is 17.0 Å². The third-order valence-corrected chi connectivity index (χ3v) is 5.52. The van der Waals surface area contributed by atoms with Crippen LogP contribution in [0.3, 0.4) is 0 Å². The number of rotatable bonds is 2. The van der Waals surface area contributed by atoms with Crippen LogP contribution in [0.15, 0.2) is 42.5 Å². The van der Waals surface area contributed by atoms with Crippen LogP contribution in [0.25, 0.3) is 0 Å². The van der Waals surface area contributed by atoms with Crippen LogP contribution in [0.5, 0.6) is 0 Å². The zero-order chi connectivity index (χ0) is 15.3. The predicted octanol–water partition coefficient (Wildman–Crippen LogP) is 2.12. The van der Waals surface area contributed by atoms with Crippen LogP contribution in [-0.4, -0.2) is 36.5 Å². The molecule has 4 heteroatoms. The molecule has 2 aliphatic carbocycles.